The minimum absolute atomic E-state index is 0.136. The zero-order valence-corrected chi connectivity index (χ0v) is 7.98. The number of benzene rings is 1. The number of hydrogen-bond donors (Lipinski definition) is 3. The van der Waals surface area contributed by atoms with Crippen LogP contribution in [-0.2, 0) is 6.42 Å². The van der Waals surface area contributed by atoms with Gasteiger partial charge in [0.1, 0.15) is 5.75 Å². The number of aromatic hydroxyl groups is 1. The molecule has 0 aromatic heterocycles. The third kappa shape index (κ3) is 2.05. The number of phenolic OH excluding ortho intramolecular Hbond substituents is 1. The van der Waals surface area contributed by atoms with Crippen molar-refractivity contribution in [3.05, 3.63) is 29.8 Å². The average molecular weight is 193 g/mol. The quantitative estimate of drug-likeness (QED) is 0.646. The molecule has 0 spiro atoms. The maximum Gasteiger partial charge on any atom is 0.115 e. The number of hydrogen-bond acceptors (Lipinski definition) is 3. The molecule has 1 aliphatic rings. The number of aliphatic hydroxyl groups is 1. The summed E-state index contributed by atoms with van der Waals surface area (Å²) in [6.45, 7) is 0.880. The van der Waals surface area contributed by atoms with Crippen molar-refractivity contribution in [3.63, 3.8) is 0 Å². The molecule has 2 rings (SSSR count). The van der Waals surface area contributed by atoms with Gasteiger partial charge in [0.05, 0.1) is 6.10 Å². The van der Waals surface area contributed by atoms with Crippen LogP contribution in [-0.4, -0.2) is 28.9 Å². The number of rotatable bonds is 2. The van der Waals surface area contributed by atoms with E-state index in [-0.39, 0.29) is 17.9 Å². The summed E-state index contributed by atoms with van der Waals surface area (Å²) in [5, 5.41) is 22.1. The molecule has 3 nitrogen and oxygen atoms in total. The lowest BCUT2D eigenvalue weighted by Crippen LogP contribution is -2.32. The molecular formula is C11H15NO2. The zero-order chi connectivity index (χ0) is 9.97. The Labute approximate surface area is 83.4 Å². The molecule has 1 aromatic rings. The molecule has 1 saturated heterocycles. The summed E-state index contributed by atoms with van der Waals surface area (Å²) in [5.41, 5.74) is 1.06. The largest absolute Gasteiger partial charge is 0.508 e. The lowest BCUT2D eigenvalue weighted by molar-refractivity contribution is 0.159. The molecule has 1 fully saturated rings. The highest BCUT2D eigenvalue weighted by atomic mass is 16.3. The lowest BCUT2D eigenvalue weighted by Gasteiger charge is -2.14. The second-order valence-electron chi connectivity index (χ2n) is 3.79. The SMILES string of the molecule is Oc1cccc(CC2NCCC2O)c1. The maximum absolute atomic E-state index is 9.59. The number of phenols is 1. The van der Waals surface area contributed by atoms with Crippen LogP contribution in [0.5, 0.6) is 5.75 Å². The van der Waals surface area contributed by atoms with Gasteiger partial charge in [-0.2, -0.15) is 0 Å². The molecule has 3 heteroatoms. The van der Waals surface area contributed by atoms with Gasteiger partial charge in [0.15, 0.2) is 0 Å². The van der Waals surface area contributed by atoms with Gasteiger partial charge in [-0.25, -0.2) is 0 Å². The van der Waals surface area contributed by atoms with Gasteiger partial charge >= 0.3 is 0 Å². The van der Waals surface area contributed by atoms with Gasteiger partial charge in [-0.15, -0.1) is 0 Å². The third-order valence-electron chi connectivity index (χ3n) is 2.68. The summed E-state index contributed by atoms with van der Waals surface area (Å²) in [6.07, 6.45) is 1.34. The normalized spacial score (nSPS) is 26.6. The van der Waals surface area contributed by atoms with Crippen LogP contribution < -0.4 is 5.32 Å². The van der Waals surface area contributed by atoms with Crippen LogP contribution >= 0.6 is 0 Å². The predicted octanol–water partition coefficient (Wildman–Crippen LogP) is 0.657. The molecule has 1 heterocycles. The van der Waals surface area contributed by atoms with Crippen molar-refractivity contribution in [2.75, 3.05) is 6.54 Å². The van der Waals surface area contributed by atoms with Crippen LogP contribution in [0, 0.1) is 0 Å². The van der Waals surface area contributed by atoms with Crippen molar-refractivity contribution in [2.45, 2.75) is 25.0 Å². The molecule has 1 aromatic carbocycles. The molecule has 0 amide bonds. The van der Waals surface area contributed by atoms with Crippen molar-refractivity contribution in [3.8, 4) is 5.75 Å². The van der Waals surface area contributed by atoms with Gasteiger partial charge < -0.3 is 15.5 Å². The highest BCUT2D eigenvalue weighted by molar-refractivity contribution is 5.28. The van der Waals surface area contributed by atoms with E-state index in [9.17, 15) is 10.2 Å². The fourth-order valence-electron chi connectivity index (χ4n) is 1.90. The Morgan fingerprint density at radius 1 is 1.43 bits per heavy atom. The molecule has 2 atom stereocenters. The van der Waals surface area contributed by atoms with E-state index >= 15 is 0 Å². The van der Waals surface area contributed by atoms with Crippen LogP contribution in [0.3, 0.4) is 0 Å². The first-order valence-corrected chi connectivity index (χ1v) is 4.95. The summed E-state index contributed by atoms with van der Waals surface area (Å²) in [6, 6.07) is 7.32. The smallest absolute Gasteiger partial charge is 0.115 e. The summed E-state index contributed by atoms with van der Waals surface area (Å²) in [4.78, 5) is 0. The molecule has 3 N–H and O–H groups in total. The summed E-state index contributed by atoms with van der Waals surface area (Å²) in [7, 11) is 0. The second-order valence-corrected chi connectivity index (χ2v) is 3.79. The van der Waals surface area contributed by atoms with E-state index in [4.69, 9.17) is 0 Å². The second kappa shape index (κ2) is 3.98. The molecule has 76 valence electrons. The lowest BCUT2D eigenvalue weighted by atomic mass is 10.0. The van der Waals surface area contributed by atoms with Gasteiger partial charge in [-0.05, 0) is 37.1 Å². The van der Waals surface area contributed by atoms with E-state index in [0.29, 0.717) is 0 Å². The van der Waals surface area contributed by atoms with E-state index in [1.165, 1.54) is 0 Å². The van der Waals surface area contributed by atoms with Crippen molar-refractivity contribution >= 4 is 0 Å². The first kappa shape index (κ1) is 9.49. The molecule has 2 unspecified atom stereocenters. The Balaban J connectivity index is 2.03. The Morgan fingerprint density at radius 2 is 2.29 bits per heavy atom. The first-order chi connectivity index (χ1) is 6.75. The van der Waals surface area contributed by atoms with Crippen LogP contribution in [0.1, 0.15) is 12.0 Å². The monoisotopic (exact) mass is 193 g/mol. The zero-order valence-electron chi connectivity index (χ0n) is 7.98. The molecule has 0 aliphatic carbocycles. The molecule has 0 radical (unpaired) electrons. The minimum Gasteiger partial charge on any atom is -0.508 e. The van der Waals surface area contributed by atoms with Gasteiger partial charge in [0.25, 0.3) is 0 Å². The van der Waals surface area contributed by atoms with E-state index in [1.54, 1.807) is 12.1 Å². The predicted molar refractivity (Wildman–Crippen MR) is 54.2 cm³/mol. The molecular weight excluding hydrogens is 178 g/mol. The van der Waals surface area contributed by atoms with E-state index in [1.807, 2.05) is 12.1 Å². The van der Waals surface area contributed by atoms with Gasteiger partial charge in [0.2, 0.25) is 0 Å². The minimum atomic E-state index is -0.252. The Bertz CT molecular complexity index is 314. The fourth-order valence-corrected chi connectivity index (χ4v) is 1.90. The summed E-state index contributed by atoms with van der Waals surface area (Å²) >= 11 is 0. The van der Waals surface area contributed by atoms with Crippen LogP contribution in [0.25, 0.3) is 0 Å². The van der Waals surface area contributed by atoms with Gasteiger partial charge in [-0.3, -0.25) is 0 Å². The average Bonchev–Trinajstić information content (AvgIpc) is 2.52. The van der Waals surface area contributed by atoms with Gasteiger partial charge in [0, 0.05) is 6.04 Å². The van der Waals surface area contributed by atoms with Crippen LogP contribution in [0.2, 0.25) is 0 Å². The Kier molecular flexibility index (Phi) is 2.70. The maximum atomic E-state index is 9.59. The molecule has 0 bridgehead atoms. The Morgan fingerprint density at radius 3 is 2.93 bits per heavy atom. The van der Waals surface area contributed by atoms with Crippen LogP contribution in [0.15, 0.2) is 24.3 Å². The molecule has 1 aliphatic heterocycles. The summed E-state index contributed by atoms with van der Waals surface area (Å²) < 4.78 is 0. The Hall–Kier alpha value is -1.06. The van der Waals surface area contributed by atoms with Crippen molar-refractivity contribution in [1.82, 2.24) is 5.32 Å². The fraction of sp³-hybridized carbons (Fsp3) is 0.455. The third-order valence-corrected chi connectivity index (χ3v) is 2.68. The number of aliphatic hydroxyl groups excluding tert-OH is 1. The van der Waals surface area contributed by atoms with Crippen molar-refractivity contribution in [1.29, 1.82) is 0 Å². The van der Waals surface area contributed by atoms with E-state index in [2.05, 4.69) is 5.32 Å². The molecule has 0 saturated carbocycles. The van der Waals surface area contributed by atoms with Crippen molar-refractivity contribution < 1.29 is 10.2 Å². The topological polar surface area (TPSA) is 52.5 Å². The van der Waals surface area contributed by atoms with Crippen molar-refractivity contribution in [2.24, 2.45) is 0 Å². The summed E-state index contributed by atoms with van der Waals surface area (Å²) in [5.74, 6) is 0.287. The van der Waals surface area contributed by atoms with E-state index in [0.717, 1.165) is 24.9 Å². The standard InChI is InChI=1S/C11H15NO2/c13-9-3-1-2-8(6-9)7-10-11(14)4-5-12-10/h1-3,6,10-14H,4-5,7H2. The molecule has 14 heavy (non-hydrogen) atoms. The van der Waals surface area contributed by atoms with Crippen LogP contribution in [0.4, 0.5) is 0 Å². The number of nitrogens with one attached hydrogen (secondary N) is 1. The van der Waals surface area contributed by atoms with E-state index < -0.39 is 0 Å². The van der Waals surface area contributed by atoms with Gasteiger partial charge in [-0.1, -0.05) is 12.1 Å². The highest BCUT2D eigenvalue weighted by Crippen LogP contribution is 2.16. The highest BCUT2D eigenvalue weighted by Gasteiger charge is 2.24. The first-order valence-electron chi connectivity index (χ1n) is 4.95.